The summed E-state index contributed by atoms with van der Waals surface area (Å²) in [5.41, 5.74) is 0. The SMILES string of the molecule is Oc1cccc(O)c1.Oc1cccc(O)c1O.Oc1cccc(O)c1O.Oc1ccccc1. The summed E-state index contributed by atoms with van der Waals surface area (Å²) in [7, 11) is 0. The Kier molecular flexibility index (Phi) is 10.6. The third-order valence-corrected chi connectivity index (χ3v) is 3.57. The molecule has 9 N–H and O–H groups in total. The van der Waals surface area contributed by atoms with Crippen LogP contribution in [0.2, 0.25) is 0 Å². The Bertz CT molecular complexity index is 1010. The minimum absolute atomic E-state index is 0.0880. The van der Waals surface area contributed by atoms with E-state index in [1.54, 1.807) is 30.3 Å². The quantitative estimate of drug-likeness (QED) is 0.176. The minimum atomic E-state index is -0.475. The fourth-order valence-corrected chi connectivity index (χ4v) is 1.96. The van der Waals surface area contributed by atoms with Crippen LogP contribution in [0.3, 0.4) is 0 Å². The number of rotatable bonds is 0. The maximum absolute atomic E-state index is 8.71. The number of para-hydroxylation sites is 3. The van der Waals surface area contributed by atoms with Gasteiger partial charge in [-0.25, -0.2) is 0 Å². The fourth-order valence-electron chi connectivity index (χ4n) is 1.96. The van der Waals surface area contributed by atoms with Gasteiger partial charge in [-0.3, -0.25) is 0 Å². The lowest BCUT2D eigenvalue weighted by molar-refractivity contribution is 0.368. The van der Waals surface area contributed by atoms with Crippen molar-refractivity contribution in [3.05, 3.63) is 91.0 Å². The minimum Gasteiger partial charge on any atom is -0.508 e. The largest absolute Gasteiger partial charge is 0.508 e. The molecule has 0 bridgehead atoms. The van der Waals surface area contributed by atoms with Crippen molar-refractivity contribution in [2.45, 2.75) is 0 Å². The highest BCUT2D eigenvalue weighted by molar-refractivity contribution is 5.48. The Morgan fingerprint density at radius 2 is 0.606 bits per heavy atom. The molecule has 0 aromatic heterocycles. The number of phenolic OH excluding ortho intramolecular Hbond substituents is 9. The first-order chi connectivity index (χ1) is 15.6. The van der Waals surface area contributed by atoms with E-state index in [1.165, 1.54) is 54.6 Å². The van der Waals surface area contributed by atoms with Gasteiger partial charge in [0.05, 0.1) is 0 Å². The van der Waals surface area contributed by atoms with E-state index in [4.69, 9.17) is 46.0 Å². The van der Waals surface area contributed by atoms with Crippen molar-refractivity contribution < 1.29 is 46.0 Å². The molecule has 4 aromatic rings. The molecule has 4 aromatic carbocycles. The standard InChI is InChI=1S/2C6H6O3.C6H6O2.C6H6O/c2*7-4-2-1-3-5(8)6(4)9;7-5-2-1-3-6(8)4-5;7-6-4-2-1-3-5-6/h2*1-3,7-9H;1-4,7-8H;1-5,7H. The average Bonchev–Trinajstić information content (AvgIpc) is 2.77. The molecular weight excluding hydrogens is 432 g/mol. The third kappa shape index (κ3) is 10.1. The van der Waals surface area contributed by atoms with Gasteiger partial charge in [0.2, 0.25) is 0 Å². The summed E-state index contributed by atoms with van der Waals surface area (Å²) >= 11 is 0. The van der Waals surface area contributed by atoms with Crippen LogP contribution in [0.4, 0.5) is 0 Å². The van der Waals surface area contributed by atoms with Crippen LogP contribution in [-0.2, 0) is 0 Å². The molecule has 0 heterocycles. The molecule has 0 saturated heterocycles. The molecule has 0 aliphatic rings. The van der Waals surface area contributed by atoms with E-state index >= 15 is 0 Å². The van der Waals surface area contributed by atoms with Crippen LogP contribution >= 0.6 is 0 Å². The molecule has 33 heavy (non-hydrogen) atoms. The zero-order chi connectivity index (χ0) is 24.8. The highest BCUT2D eigenvalue weighted by Gasteiger charge is 2.01. The lowest BCUT2D eigenvalue weighted by Crippen LogP contribution is -1.67. The molecule has 0 aliphatic heterocycles. The van der Waals surface area contributed by atoms with Crippen LogP contribution in [0.25, 0.3) is 0 Å². The monoisotopic (exact) mass is 456 g/mol. The van der Waals surface area contributed by atoms with Crippen LogP contribution in [0.1, 0.15) is 0 Å². The molecule has 0 atom stereocenters. The fraction of sp³-hybridized carbons (Fsp3) is 0. The predicted molar refractivity (Wildman–Crippen MR) is 121 cm³/mol. The van der Waals surface area contributed by atoms with Crippen molar-refractivity contribution in [2.75, 3.05) is 0 Å². The number of phenols is 9. The molecule has 174 valence electrons. The van der Waals surface area contributed by atoms with Crippen molar-refractivity contribution in [3.63, 3.8) is 0 Å². The molecule has 9 heteroatoms. The van der Waals surface area contributed by atoms with Gasteiger partial charge < -0.3 is 46.0 Å². The van der Waals surface area contributed by atoms with E-state index in [-0.39, 0.29) is 34.5 Å². The molecule has 0 amide bonds. The number of hydrogen-bond acceptors (Lipinski definition) is 9. The molecule has 0 aliphatic carbocycles. The molecule has 9 nitrogen and oxygen atoms in total. The molecular formula is C24H24O9. The van der Waals surface area contributed by atoms with E-state index in [0.717, 1.165) is 0 Å². The van der Waals surface area contributed by atoms with Crippen molar-refractivity contribution in [3.8, 4) is 51.7 Å². The number of aromatic hydroxyl groups is 9. The zero-order valence-electron chi connectivity index (χ0n) is 17.2. The zero-order valence-corrected chi connectivity index (χ0v) is 17.2. The molecule has 0 unspecified atom stereocenters. The van der Waals surface area contributed by atoms with Gasteiger partial charge in [-0.1, -0.05) is 36.4 Å². The molecule has 0 radical (unpaired) electrons. The van der Waals surface area contributed by atoms with Crippen molar-refractivity contribution in [1.29, 1.82) is 0 Å². The van der Waals surface area contributed by atoms with Crippen LogP contribution < -0.4 is 0 Å². The van der Waals surface area contributed by atoms with Gasteiger partial charge in [-0.2, -0.15) is 0 Å². The van der Waals surface area contributed by atoms with Crippen molar-refractivity contribution in [1.82, 2.24) is 0 Å². The predicted octanol–water partition coefficient (Wildman–Crippen LogP) is 4.10. The summed E-state index contributed by atoms with van der Waals surface area (Å²) in [5, 5.41) is 78.1. The normalized spacial score (nSPS) is 9.09. The van der Waals surface area contributed by atoms with Gasteiger partial charge in [0.1, 0.15) is 17.2 Å². The van der Waals surface area contributed by atoms with Crippen molar-refractivity contribution >= 4 is 0 Å². The Balaban J connectivity index is 0.000000221. The first-order valence-electron chi connectivity index (χ1n) is 9.23. The Morgan fingerprint density at radius 3 is 0.818 bits per heavy atom. The first-order valence-corrected chi connectivity index (χ1v) is 9.23. The lowest BCUT2D eigenvalue weighted by atomic mass is 10.3. The van der Waals surface area contributed by atoms with Gasteiger partial charge in [0.25, 0.3) is 0 Å². The second kappa shape index (κ2) is 13.4. The van der Waals surface area contributed by atoms with Crippen LogP contribution in [-0.4, -0.2) is 46.0 Å². The van der Waals surface area contributed by atoms with E-state index in [1.807, 2.05) is 6.07 Å². The molecule has 0 fully saturated rings. The van der Waals surface area contributed by atoms with Gasteiger partial charge in [0, 0.05) is 6.07 Å². The van der Waals surface area contributed by atoms with E-state index in [0.29, 0.717) is 5.75 Å². The van der Waals surface area contributed by atoms with Crippen molar-refractivity contribution in [2.24, 2.45) is 0 Å². The van der Waals surface area contributed by atoms with Gasteiger partial charge in [-0.15, -0.1) is 0 Å². The van der Waals surface area contributed by atoms with Gasteiger partial charge >= 0.3 is 0 Å². The van der Waals surface area contributed by atoms with E-state index < -0.39 is 11.5 Å². The summed E-state index contributed by atoms with van der Waals surface area (Å²) in [6, 6.07) is 22.6. The van der Waals surface area contributed by atoms with Gasteiger partial charge in [0.15, 0.2) is 34.5 Å². The van der Waals surface area contributed by atoms with Gasteiger partial charge in [-0.05, 0) is 48.5 Å². The van der Waals surface area contributed by atoms with E-state index in [2.05, 4.69) is 0 Å². The summed E-state index contributed by atoms with van der Waals surface area (Å²) in [6.45, 7) is 0. The smallest absolute Gasteiger partial charge is 0.200 e. The summed E-state index contributed by atoms with van der Waals surface area (Å²) in [6.07, 6.45) is 0. The molecule has 4 rings (SSSR count). The number of benzene rings is 4. The molecule has 0 spiro atoms. The number of hydrogen-bond donors (Lipinski definition) is 9. The summed E-state index contributed by atoms with van der Waals surface area (Å²) < 4.78 is 0. The maximum atomic E-state index is 8.71. The van der Waals surface area contributed by atoms with Crippen LogP contribution in [0, 0.1) is 0 Å². The highest BCUT2D eigenvalue weighted by atomic mass is 16.3. The second-order valence-electron chi connectivity index (χ2n) is 6.15. The summed E-state index contributed by atoms with van der Waals surface area (Å²) in [5.74, 6) is -1.69. The average molecular weight is 456 g/mol. The second-order valence-corrected chi connectivity index (χ2v) is 6.15. The van der Waals surface area contributed by atoms with Crippen LogP contribution in [0.15, 0.2) is 91.0 Å². The Morgan fingerprint density at radius 1 is 0.303 bits per heavy atom. The topological polar surface area (TPSA) is 182 Å². The Labute approximate surface area is 189 Å². The first kappa shape index (κ1) is 26.1. The Hall–Kier alpha value is -4.92. The summed E-state index contributed by atoms with van der Waals surface area (Å²) in [4.78, 5) is 0. The molecule has 0 saturated carbocycles. The third-order valence-electron chi connectivity index (χ3n) is 3.57. The lowest BCUT2D eigenvalue weighted by Gasteiger charge is -1.96. The van der Waals surface area contributed by atoms with Crippen LogP contribution in [0.5, 0.6) is 51.7 Å². The highest BCUT2D eigenvalue weighted by Crippen LogP contribution is 2.33. The van der Waals surface area contributed by atoms with E-state index in [9.17, 15) is 0 Å². The maximum Gasteiger partial charge on any atom is 0.200 e.